The summed E-state index contributed by atoms with van der Waals surface area (Å²) in [7, 11) is 0. The van der Waals surface area contributed by atoms with E-state index in [1.165, 1.54) is 29.5 Å². The number of aromatic nitrogens is 1. The quantitative estimate of drug-likeness (QED) is 0.640. The van der Waals surface area contributed by atoms with Gasteiger partial charge in [-0.05, 0) is 64.3 Å². The molecular formula is C21H24N2O. The highest BCUT2D eigenvalue weighted by Crippen LogP contribution is 2.56. The van der Waals surface area contributed by atoms with Crippen molar-refractivity contribution in [2.45, 2.75) is 51.6 Å². The highest BCUT2D eigenvalue weighted by atomic mass is 16.3. The molecule has 2 fully saturated rings. The van der Waals surface area contributed by atoms with Gasteiger partial charge in [-0.1, -0.05) is 12.1 Å². The lowest BCUT2D eigenvalue weighted by atomic mass is 9.75. The van der Waals surface area contributed by atoms with Crippen LogP contribution in [0.4, 0.5) is 0 Å². The maximum Gasteiger partial charge on any atom is 0.227 e. The molecule has 3 heteroatoms. The molecule has 24 heavy (non-hydrogen) atoms. The summed E-state index contributed by atoms with van der Waals surface area (Å²) in [5.74, 6) is 1.23. The number of benzene rings is 1. The van der Waals surface area contributed by atoms with Crippen molar-refractivity contribution in [2.24, 2.45) is 5.92 Å². The topological polar surface area (TPSA) is 29.3 Å². The second-order valence-electron chi connectivity index (χ2n) is 8.14. The van der Waals surface area contributed by atoms with Crippen LogP contribution in [0.25, 0.3) is 22.1 Å². The largest absolute Gasteiger partial charge is 0.437 e. The van der Waals surface area contributed by atoms with Crippen molar-refractivity contribution in [2.75, 3.05) is 6.54 Å². The van der Waals surface area contributed by atoms with Crippen LogP contribution in [0.3, 0.4) is 0 Å². The molecule has 0 spiro atoms. The third-order valence-corrected chi connectivity index (χ3v) is 6.78. The summed E-state index contributed by atoms with van der Waals surface area (Å²) in [5.41, 5.74) is 4.87. The van der Waals surface area contributed by atoms with E-state index in [2.05, 4.69) is 55.8 Å². The molecule has 3 nitrogen and oxygen atoms in total. The normalized spacial score (nSPS) is 31.3. The molecule has 4 atom stereocenters. The van der Waals surface area contributed by atoms with Gasteiger partial charge >= 0.3 is 0 Å². The van der Waals surface area contributed by atoms with Crippen LogP contribution in [0.1, 0.15) is 44.2 Å². The van der Waals surface area contributed by atoms with Gasteiger partial charge in [-0.15, -0.1) is 0 Å². The van der Waals surface area contributed by atoms with Gasteiger partial charge in [0.1, 0.15) is 5.58 Å². The molecule has 4 heterocycles. The number of pyridine rings is 1. The van der Waals surface area contributed by atoms with Gasteiger partial charge in [0, 0.05) is 40.0 Å². The second kappa shape index (κ2) is 4.60. The average Bonchev–Trinajstić information content (AvgIpc) is 3.12. The number of aryl methyl sites for hydroxylation is 1. The van der Waals surface area contributed by atoms with Crippen LogP contribution < -0.4 is 0 Å². The van der Waals surface area contributed by atoms with E-state index >= 15 is 0 Å². The van der Waals surface area contributed by atoms with Crippen LogP contribution in [0.15, 0.2) is 34.9 Å². The second-order valence-corrected chi connectivity index (χ2v) is 8.14. The first-order chi connectivity index (χ1) is 11.5. The van der Waals surface area contributed by atoms with E-state index in [1.54, 1.807) is 0 Å². The first kappa shape index (κ1) is 14.5. The number of fused-ring (bicyclic) bond motifs is 5. The zero-order valence-corrected chi connectivity index (χ0v) is 14.8. The molecular weight excluding hydrogens is 296 g/mol. The number of hydrogen-bond donors (Lipinski definition) is 0. The highest BCUT2D eigenvalue weighted by molar-refractivity contribution is 6.05. The molecule has 2 saturated heterocycles. The maximum absolute atomic E-state index is 6.27. The fourth-order valence-corrected chi connectivity index (χ4v) is 5.66. The third kappa shape index (κ3) is 1.63. The van der Waals surface area contributed by atoms with Crippen molar-refractivity contribution in [1.82, 2.24) is 9.88 Å². The molecule has 1 aromatic carbocycles. The first-order valence-corrected chi connectivity index (χ1v) is 9.03. The zero-order valence-electron chi connectivity index (χ0n) is 14.8. The Morgan fingerprint density at radius 2 is 2.04 bits per heavy atom. The highest BCUT2D eigenvalue weighted by Gasteiger charge is 2.56. The van der Waals surface area contributed by atoms with Crippen molar-refractivity contribution in [1.29, 1.82) is 0 Å². The summed E-state index contributed by atoms with van der Waals surface area (Å²) >= 11 is 0. The van der Waals surface area contributed by atoms with Crippen LogP contribution in [-0.2, 0) is 0 Å². The summed E-state index contributed by atoms with van der Waals surface area (Å²) in [6.07, 6.45) is 3.10. The Morgan fingerprint density at radius 1 is 1.21 bits per heavy atom. The van der Waals surface area contributed by atoms with Gasteiger partial charge in [-0.2, -0.15) is 0 Å². The van der Waals surface area contributed by atoms with Crippen LogP contribution >= 0.6 is 0 Å². The number of piperidine rings is 1. The van der Waals surface area contributed by atoms with Gasteiger partial charge in [-0.3, -0.25) is 4.90 Å². The predicted molar refractivity (Wildman–Crippen MR) is 97.3 cm³/mol. The van der Waals surface area contributed by atoms with Gasteiger partial charge in [0.05, 0.1) is 0 Å². The molecule has 0 radical (unpaired) electrons. The van der Waals surface area contributed by atoms with E-state index < -0.39 is 0 Å². The van der Waals surface area contributed by atoms with Crippen molar-refractivity contribution in [3.05, 3.63) is 41.6 Å². The van der Waals surface area contributed by atoms with Crippen LogP contribution in [-0.4, -0.2) is 28.0 Å². The predicted octanol–water partition coefficient (Wildman–Crippen LogP) is 4.88. The van der Waals surface area contributed by atoms with Gasteiger partial charge in [0.15, 0.2) is 0 Å². The first-order valence-electron chi connectivity index (χ1n) is 9.03. The number of nitrogens with zero attached hydrogens (tertiary/aromatic N) is 2. The lowest BCUT2D eigenvalue weighted by Gasteiger charge is -2.31. The minimum atomic E-state index is 0.281. The Labute approximate surface area is 142 Å². The zero-order chi connectivity index (χ0) is 16.6. The molecule has 5 rings (SSSR count). The van der Waals surface area contributed by atoms with Crippen molar-refractivity contribution < 1.29 is 4.42 Å². The lowest BCUT2D eigenvalue weighted by molar-refractivity contribution is 0.169. The van der Waals surface area contributed by atoms with Crippen molar-refractivity contribution in [3.63, 3.8) is 0 Å². The smallest absolute Gasteiger partial charge is 0.227 e. The Hall–Kier alpha value is -1.87. The molecule has 2 bridgehead atoms. The Bertz CT molecular complexity index is 955. The van der Waals surface area contributed by atoms with Crippen molar-refractivity contribution >= 4 is 22.1 Å². The van der Waals surface area contributed by atoms with E-state index in [9.17, 15) is 0 Å². The Kier molecular flexibility index (Phi) is 2.78. The average molecular weight is 320 g/mol. The fraction of sp³-hybridized carbons (Fsp3) is 0.476. The van der Waals surface area contributed by atoms with Gasteiger partial charge in [0.2, 0.25) is 5.71 Å². The molecule has 124 valence electrons. The number of hydrogen-bond acceptors (Lipinski definition) is 3. The molecule has 3 aromatic rings. The van der Waals surface area contributed by atoms with Crippen LogP contribution in [0.2, 0.25) is 0 Å². The van der Waals surface area contributed by atoms with Crippen molar-refractivity contribution in [3.8, 4) is 0 Å². The SMILES string of the molecule is Cc1ccc2c(oc3ncccc32)c1C1C2CCN([C@@H]1C)C2(C)C. The van der Waals surface area contributed by atoms with Crippen LogP contribution in [0, 0.1) is 12.8 Å². The summed E-state index contributed by atoms with van der Waals surface area (Å²) < 4.78 is 6.27. The summed E-state index contributed by atoms with van der Waals surface area (Å²) in [6.45, 7) is 10.7. The van der Waals surface area contributed by atoms with E-state index in [-0.39, 0.29) is 5.54 Å². The Balaban J connectivity index is 1.79. The molecule has 3 unspecified atom stereocenters. The van der Waals surface area contributed by atoms with E-state index in [1.807, 2.05) is 12.3 Å². The molecule has 2 aliphatic rings. The summed E-state index contributed by atoms with van der Waals surface area (Å²) in [5, 5.41) is 2.34. The molecule has 0 N–H and O–H groups in total. The van der Waals surface area contributed by atoms with E-state index in [0.717, 1.165) is 16.7 Å². The van der Waals surface area contributed by atoms with Gasteiger partial charge in [-0.25, -0.2) is 4.98 Å². The summed E-state index contributed by atoms with van der Waals surface area (Å²) in [4.78, 5) is 7.13. The van der Waals surface area contributed by atoms with E-state index in [4.69, 9.17) is 4.42 Å². The van der Waals surface area contributed by atoms with Crippen LogP contribution in [0.5, 0.6) is 0 Å². The number of furan rings is 1. The molecule has 0 amide bonds. The number of rotatable bonds is 1. The molecule has 2 aliphatic heterocycles. The Morgan fingerprint density at radius 3 is 2.79 bits per heavy atom. The lowest BCUT2D eigenvalue weighted by Crippen LogP contribution is -2.39. The fourth-order valence-electron chi connectivity index (χ4n) is 5.66. The third-order valence-electron chi connectivity index (χ3n) is 6.78. The molecule has 2 aromatic heterocycles. The van der Waals surface area contributed by atoms with E-state index in [0.29, 0.717) is 17.9 Å². The standard InChI is InChI=1S/C21H24N2O/c1-12-7-8-14-15-6-5-10-22-20(15)24-19(14)17(12)18-13(2)23-11-9-16(18)21(23,3)4/h5-8,10,13,16,18H,9,11H2,1-4H3/t13-,16?,18?/m1/s1. The van der Waals surface area contributed by atoms with Gasteiger partial charge in [0.25, 0.3) is 0 Å². The van der Waals surface area contributed by atoms with Gasteiger partial charge < -0.3 is 4.42 Å². The summed E-state index contributed by atoms with van der Waals surface area (Å²) in [6, 6.07) is 9.13. The molecule has 0 aliphatic carbocycles. The monoisotopic (exact) mass is 320 g/mol. The minimum absolute atomic E-state index is 0.281. The molecule has 0 saturated carbocycles. The maximum atomic E-state index is 6.27. The minimum Gasteiger partial charge on any atom is -0.437 e.